The molecular weight excluding hydrogens is 398 g/mol. The molecule has 2 aromatic carbocycles. The van der Waals surface area contributed by atoms with Crippen molar-refractivity contribution >= 4 is 23.5 Å². The van der Waals surface area contributed by atoms with E-state index in [9.17, 15) is 9.59 Å². The van der Waals surface area contributed by atoms with E-state index in [4.69, 9.17) is 30.5 Å². The van der Waals surface area contributed by atoms with Crippen LogP contribution in [-0.2, 0) is 9.53 Å². The third-order valence-electron chi connectivity index (χ3n) is 3.77. The van der Waals surface area contributed by atoms with Crippen LogP contribution < -0.4 is 19.5 Å². The molecule has 156 valence electrons. The van der Waals surface area contributed by atoms with E-state index >= 15 is 0 Å². The van der Waals surface area contributed by atoms with E-state index in [-0.39, 0.29) is 17.1 Å². The summed E-state index contributed by atoms with van der Waals surface area (Å²) in [6.07, 6.45) is 0. The van der Waals surface area contributed by atoms with Gasteiger partial charge in [-0.2, -0.15) is 0 Å². The van der Waals surface area contributed by atoms with Crippen LogP contribution in [0.25, 0.3) is 0 Å². The summed E-state index contributed by atoms with van der Waals surface area (Å²) in [5.74, 6) is 0.255. The lowest BCUT2D eigenvalue weighted by Crippen LogP contribution is -2.32. The molecule has 1 amide bonds. The van der Waals surface area contributed by atoms with Gasteiger partial charge in [0.1, 0.15) is 12.4 Å². The number of halogens is 1. The second-order valence-corrected chi connectivity index (χ2v) is 6.42. The van der Waals surface area contributed by atoms with Gasteiger partial charge in [-0.05, 0) is 43.7 Å². The van der Waals surface area contributed by atoms with E-state index in [1.807, 2.05) is 38.1 Å². The maximum absolute atomic E-state index is 12.2. The molecule has 0 bridgehead atoms. The summed E-state index contributed by atoms with van der Waals surface area (Å²) < 4.78 is 21.2. The van der Waals surface area contributed by atoms with Gasteiger partial charge in [0.25, 0.3) is 5.91 Å². The second-order valence-electron chi connectivity index (χ2n) is 6.01. The predicted octanol–water partition coefficient (Wildman–Crippen LogP) is 3.41. The van der Waals surface area contributed by atoms with Gasteiger partial charge in [-0.15, -0.1) is 0 Å². The Kier molecular flexibility index (Phi) is 8.61. The van der Waals surface area contributed by atoms with Crippen molar-refractivity contribution in [3.8, 4) is 17.2 Å². The van der Waals surface area contributed by atoms with Gasteiger partial charge < -0.3 is 24.3 Å². The van der Waals surface area contributed by atoms with Crippen LogP contribution >= 0.6 is 11.6 Å². The number of amides is 1. The summed E-state index contributed by atoms with van der Waals surface area (Å²) in [7, 11) is 1.44. The van der Waals surface area contributed by atoms with Crippen LogP contribution in [0.3, 0.4) is 0 Å². The number of hydrogen-bond donors (Lipinski definition) is 1. The fraction of sp³-hybridized carbons (Fsp3) is 0.333. The van der Waals surface area contributed by atoms with E-state index in [1.165, 1.54) is 19.2 Å². The van der Waals surface area contributed by atoms with Crippen molar-refractivity contribution in [1.29, 1.82) is 0 Å². The number of aryl methyl sites for hydroxylation is 1. The minimum atomic E-state index is -0.695. The molecule has 1 N–H and O–H groups in total. The minimum Gasteiger partial charge on any atom is -0.493 e. The van der Waals surface area contributed by atoms with Gasteiger partial charge in [0, 0.05) is 0 Å². The SMILES string of the molecule is CCOc1c(Cl)cc(C(=O)OCC(=O)NCCOc2cccc(C)c2)cc1OC. The second kappa shape index (κ2) is 11.2. The number of esters is 1. The van der Waals surface area contributed by atoms with E-state index in [0.29, 0.717) is 24.7 Å². The average molecular weight is 422 g/mol. The van der Waals surface area contributed by atoms with Gasteiger partial charge >= 0.3 is 5.97 Å². The predicted molar refractivity (Wildman–Crippen MR) is 109 cm³/mol. The maximum Gasteiger partial charge on any atom is 0.338 e. The molecule has 0 fully saturated rings. The normalized spacial score (nSPS) is 10.2. The summed E-state index contributed by atoms with van der Waals surface area (Å²) in [5.41, 5.74) is 1.25. The number of ether oxygens (including phenoxy) is 4. The quantitative estimate of drug-likeness (QED) is 0.467. The van der Waals surface area contributed by atoms with E-state index in [1.54, 1.807) is 0 Å². The van der Waals surface area contributed by atoms with Gasteiger partial charge in [0.2, 0.25) is 0 Å². The minimum absolute atomic E-state index is 0.158. The lowest BCUT2D eigenvalue weighted by molar-refractivity contribution is -0.124. The van der Waals surface area contributed by atoms with Gasteiger partial charge in [-0.25, -0.2) is 4.79 Å². The van der Waals surface area contributed by atoms with Gasteiger partial charge in [0.15, 0.2) is 18.1 Å². The molecule has 29 heavy (non-hydrogen) atoms. The highest BCUT2D eigenvalue weighted by molar-refractivity contribution is 6.32. The number of carbonyl (C=O) groups is 2. The first kappa shape index (κ1) is 22.4. The number of rotatable bonds is 10. The molecular formula is C21H24ClNO6. The highest BCUT2D eigenvalue weighted by Crippen LogP contribution is 2.36. The summed E-state index contributed by atoms with van der Waals surface area (Å²) in [6, 6.07) is 10.5. The van der Waals surface area contributed by atoms with Crippen LogP contribution in [0.5, 0.6) is 17.2 Å². The Labute approximate surface area is 174 Å². The topological polar surface area (TPSA) is 83.1 Å². The Balaban J connectivity index is 1.79. The standard InChI is InChI=1S/C21H24ClNO6/c1-4-27-20-17(22)11-15(12-18(20)26-3)21(25)29-13-19(24)23-8-9-28-16-7-5-6-14(2)10-16/h5-7,10-12H,4,8-9,13H2,1-3H3,(H,23,24). The summed E-state index contributed by atoms with van der Waals surface area (Å²) in [5, 5.41) is 2.84. The molecule has 2 rings (SSSR count). The first-order chi connectivity index (χ1) is 13.9. The first-order valence-corrected chi connectivity index (χ1v) is 9.46. The molecule has 0 aromatic heterocycles. The fourth-order valence-corrected chi connectivity index (χ4v) is 2.72. The van der Waals surface area contributed by atoms with Crippen molar-refractivity contribution < 1.29 is 28.5 Å². The van der Waals surface area contributed by atoms with Crippen LogP contribution in [0.15, 0.2) is 36.4 Å². The highest BCUT2D eigenvalue weighted by atomic mass is 35.5. The summed E-state index contributed by atoms with van der Waals surface area (Å²) in [6.45, 7) is 4.34. The lowest BCUT2D eigenvalue weighted by Gasteiger charge is -2.13. The lowest BCUT2D eigenvalue weighted by atomic mass is 10.2. The Morgan fingerprint density at radius 3 is 2.62 bits per heavy atom. The number of nitrogens with one attached hydrogen (secondary N) is 1. The third-order valence-corrected chi connectivity index (χ3v) is 4.05. The molecule has 7 nitrogen and oxygen atoms in total. The van der Waals surface area contributed by atoms with Gasteiger partial charge in [-0.1, -0.05) is 23.7 Å². The molecule has 0 aliphatic rings. The molecule has 0 spiro atoms. The van der Waals surface area contributed by atoms with Crippen molar-refractivity contribution in [3.63, 3.8) is 0 Å². The van der Waals surface area contributed by atoms with Crippen molar-refractivity contribution in [2.75, 3.05) is 33.5 Å². The Morgan fingerprint density at radius 1 is 1.14 bits per heavy atom. The van der Waals surface area contributed by atoms with E-state index in [2.05, 4.69) is 5.32 Å². The van der Waals surface area contributed by atoms with Gasteiger partial charge in [0.05, 0.1) is 30.8 Å². The Hall–Kier alpha value is -2.93. The Morgan fingerprint density at radius 2 is 1.93 bits per heavy atom. The third kappa shape index (κ3) is 6.87. The molecule has 8 heteroatoms. The van der Waals surface area contributed by atoms with Crippen molar-refractivity contribution in [1.82, 2.24) is 5.32 Å². The molecule has 0 heterocycles. The van der Waals surface area contributed by atoms with Gasteiger partial charge in [-0.3, -0.25) is 4.79 Å². The van der Waals surface area contributed by atoms with Crippen LogP contribution in [0.4, 0.5) is 0 Å². The van der Waals surface area contributed by atoms with Crippen LogP contribution in [0.1, 0.15) is 22.8 Å². The monoisotopic (exact) mass is 421 g/mol. The zero-order valence-corrected chi connectivity index (χ0v) is 17.4. The maximum atomic E-state index is 12.2. The van der Waals surface area contributed by atoms with E-state index in [0.717, 1.165) is 11.3 Å². The van der Waals surface area contributed by atoms with Crippen LogP contribution in [-0.4, -0.2) is 45.4 Å². The number of benzene rings is 2. The van der Waals surface area contributed by atoms with E-state index < -0.39 is 18.5 Å². The largest absolute Gasteiger partial charge is 0.493 e. The van der Waals surface area contributed by atoms with Crippen molar-refractivity contribution in [3.05, 3.63) is 52.5 Å². The fourth-order valence-electron chi connectivity index (χ4n) is 2.45. The zero-order valence-electron chi connectivity index (χ0n) is 16.6. The highest BCUT2D eigenvalue weighted by Gasteiger charge is 2.17. The molecule has 0 aliphatic heterocycles. The average Bonchev–Trinajstić information content (AvgIpc) is 2.70. The molecule has 0 atom stereocenters. The first-order valence-electron chi connectivity index (χ1n) is 9.08. The molecule has 2 aromatic rings. The number of methoxy groups -OCH3 is 1. The molecule has 0 aliphatic carbocycles. The van der Waals surface area contributed by atoms with Crippen molar-refractivity contribution in [2.45, 2.75) is 13.8 Å². The Bertz CT molecular complexity index is 855. The summed E-state index contributed by atoms with van der Waals surface area (Å²) >= 11 is 6.14. The smallest absolute Gasteiger partial charge is 0.338 e. The zero-order chi connectivity index (χ0) is 21.2. The van der Waals surface area contributed by atoms with Crippen LogP contribution in [0, 0.1) is 6.92 Å². The molecule has 0 unspecified atom stereocenters. The molecule has 0 radical (unpaired) electrons. The number of hydrogen-bond acceptors (Lipinski definition) is 6. The number of carbonyl (C=O) groups excluding carboxylic acids is 2. The van der Waals surface area contributed by atoms with Crippen molar-refractivity contribution in [2.24, 2.45) is 0 Å². The molecule has 0 saturated carbocycles. The summed E-state index contributed by atoms with van der Waals surface area (Å²) in [4.78, 5) is 24.1. The van der Waals surface area contributed by atoms with Crippen LogP contribution in [0.2, 0.25) is 5.02 Å². The molecule has 0 saturated heterocycles.